The van der Waals surface area contributed by atoms with Gasteiger partial charge >= 0.3 is 0 Å². The molecular formula is C22H24N4O6. The van der Waals surface area contributed by atoms with Crippen molar-refractivity contribution in [1.29, 1.82) is 0 Å². The van der Waals surface area contributed by atoms with Crippen LogP contribution in [0, 0.1) is 12.8 Å². The molecule has 10 heteroatoms. The van der Waals surface area contributed by atoms with Gasteiger partial charge in [-0.15, -0.1) is 0 Å². The van der Waals surface area contributed by atoms with E-state index >= 15 is 0 Å². The van der Waals surface area contributed by atoms with Crippen molar-refractivity contribution in [2.45, 2.75) is 19.8 Å². The molecule has 0 radical (unpaired) electrons. The summed E-state index contributed by atoms with van der Waals surface area (Å²) in [5, 5.41) is 9.87. The summed E-state index contributed by atoms with van der Waals surface area (Å²) in [7, 11) is 0. The van der Waals surface area contributed by atoms with E-state index in [0.29, 0.717) is 36.9 Å². The van der Waals surface area contributed by atoms with E-state index in [0.717, 1.165) is 23.9 Å². The SMILES string of the molecule is Cc1cc(=O)cc(C(=O)N2CCC(CNC(=O)c3ccc4nc[nH]c4c3)CC2)o1.O=CO. The molecule has 0 spiro atoms. The third kappa shape index (κ3) is 5.60. The smallest absolute Gasteiger partial charge is 0.290 e. The lowest BCUT2D eigenvalue weighted by molar-refractivity contribution is -0.122. The van der Waals surface area contributed by atoms with E-state index < -0.39 is 0 Å². The minimum atomic E-state index is -0.263. The number of piperidine rings is 1. The first-order chi connectivity index (χ1) is 15.4. The fraction of sp³-hybridized carbons (Fsp3) is 0.318. The van der Waals surface area contributed by atoms with Crippen molar-refractivity contribution < 1.29 is 23.9 Å². The van der Waals surface area contributed by atoms with E-state index in [1.165, 1.54) is 12.1 Å². The Labute approximate surface area is 183 Å². The number of aryl methyl sites for hydroxylation is 1. The van der Waals surface area contributed by atoms with Crippen molar-refractivity contribution in [3.63, 3.8) is 0 Å². The first-order valence-electron chi connectivity index (χ1n) is 10.1. The molecule has 1 aliphatic rings. The van der Waals surface area contributed by atoms with Crippen LogP contribution in [0.15, 0.2) is 45.9 Å². The highest BCUT2D eigenvalue weighted by atomic mass is 16.4. The minimum absolute atomic E-state index is 0.0796. The molecule has 3 N–H and O–H groups in total. The lowest BCUT2D eigenvalue weighted by atomic mass is 9.96. The number of carboxylic acid groups (broad SMARTS) is 1. The van der Waals surface area contributed by atoms with Gasteiger partial charge in [0.05, 0.1) is 17.4 Å². The van der Waals surface area contributed by atoms with Crippen molar-refractivity contribution in [3.05, 3.63) is 64.0 Å². The maximum atomic E-state index is 12.6. The molecule has 0 aliphatic carbocycles. The van der Waals surface area contributed by atoms with Gasteiger partial charge in [0.15, 0.2) is 11.2 Å². The van der Waals surface area contributed by atoms with Crippen LogP contribution in [0.5, 0.6) is 0 Å². The molecule has 32 heavy (non-hydrogen) atoms. The average Bonchev–Trinajstić information content (AvgIpc) is 3.25. The van der Waals surface area contributed by atoms with E-state index in [4.69, 9.17) is 14.3 Å². The van der Waals surface area contributed by atoms with Gasteiger partial charge in [0.1, 0.15) is 5.76 Å². The number of imidazole rings is 1. The number of carbonyl (C=O) groups excluding carboxylic acids is 2. The number of rotatable bonds is 4. The highest BCUT2D eigenvalue weighted by Crippen LogP contribution is 2.19. The Morgan fingerprint density at radius 2 is 2.00 bits per heavy atom. The predicted molar refractivity (Wildman–Crippen MR) is 115 cm³/mol. The monoisotopic (exact) mass is 440 g/mol. The molecule has 0 atom stereocenters. The molecule has 2 aromatic heterocycles. The van der Waals surface area contributed by atoms with Gasteiger partial charge in [0.2, 0.25) is 0 Å². The predicted octanol–water partition coefficient (Wildman–Crippen LogP) is 1.81. The van der Waals surface area contributed by atoms with Gasteiger partial charge in [-0.1, -0.05) is 0 Å². The first kappa shape index (κ1) is 22.7. The Bertz CT molecular complexity index is 1160. The molecule has 10 nitrogen and oxygen atoms in total. The number of carbonyl (C=O) groups is 3. The second-order valence-electron chi connectivity index (χ2n) is 7.45. The van der Waals surface area contributed by atoms with Crippen LogP contribution < -0.4 is 10.7 Å². The van der Waals surface area contributed by atoms with Crippen molar-refractivity contribution in [2.24, 2.45) is 5.92 Å². The summed E-state index contributed by atoms with van der Waals surface area (Å²) in [6.45, 7) is 3.09. The molecule has 0 unspecified atom stereocenters. The van der Waals surface area contributed by atoms with Crippen LogP contribution in [0.25, 0.3) is 11.0 Å². The number of fused-ring (bicyclic) bond motifs is 1. The zero-order valence-corrected chi connectivity index (χ0v) is 17.5. The summed E-state index contributed by atoms with van der Waals surface area (Å²) in [6, 6.07) is 7.95. The second-order valence-corrected chi connectivity index (χ2v) is 7.45. The van der Waals surface area contributed by atoms with Crippen molar-refractivity contribution in [1.82, 2.24) is 20.2 Å². The standard InChI is InChI=1S/C21H22N4O4.CH2O2/c1-13-8-16(26)10-19(29-13)21(28)25-6-4-14(5-7-25)11-22-20(27)15-2-3-17-18(9-15)24-12-23-17;2-1-3/h2-3,8-10,12,14H,4-7,11H2,1H3,(H,22,27)(H,23,24);1H,(H,2,3). The van der Waals surface area contributed by atoms with E-state index in [1.54, 1.807) is 30.3 Å². The van der Waals surface area contributed by atoms with Crippen LogP contribution in [0.1, 0.15) is 39.5 Å². The summed E-state index contributed by atoms with van der Waals surface area (Å²) in [5.74, 6) is 0.411. The van der Waals surface area contributed by atoms with Crippen LogP contribution in [-0.2, 0) is 4.79 Å². The highest BCUT2D eigenvalue weighted by Gasteiger charge is 2.25. The lowest BCUT2D eigenvalue weighted by Gasteiger charge is -2.31. The van der Waals surface area contributed by atoms with E-state index in [-0.39, 0.29) is 29.5 Å². The fourth-order valence-electron chi connectivity index (χ4n) is 3.62. The van der Waals surface area contributed by atoms with Crippen LogP contribution in [0.2, 0.25) is 0 Å². The summed E-state index contributed by atoms with van der Waals surface area (Å²) in [5.41, 5.74) is 2.00. The number of hydrogen-bond acceptors (Lipinski definition) is 6. The van der Waals surface area contributed by atoms with Crippen molar-refractivity contribution in [2.75, 3.05) is 19.6 Å². The maximum absolute atomic E-state index is 12.6. The number of nitrogens with one attached hydrogen (secondary N) is 2. The molecule has 1 aliphatic heterocycles. The molecule has 3 aromatic rings. The van der Waals surface area contributed by atoms with Gasteiger partial charge in [0, 0.05) is 37.3 Å². The zero-order valence-electron chi connectivity index (χ0n) is 17.5. The summed E-state index contributed by atoms with van der Waals surface area (Å²) < 4.78 is 5.40. The summed E-state index contributed by atoms with van der Waals surface area (Å²) in [6.07, 6.45) is 3.16. The number of likely N-dealkylation sites (tertiary alicyclic amines) is 1. The molecule has 1 aromatic carbocycles. The van der Waals surface area contributed by atoms with Crippen molar-refractivity contribution >= 4 is 29.3 Å². The van der Waals surface area contributed by atoms with E-state index in [1.807, 2.05) is 6.07 Å². The molecule has 1 saturated heterocycles. The molecule has 168 valence electrons. The van der Waals surface area contributed by atoms with Gasteiger partial charge in [-0.3, -0.25) is 19.2 Å². The minimum Gasteiger partial charge on any atom is -0.483 e. The number of benzene rings is 1. The van der Waals surface area contributed by atoms with Crippen LogP contribution >= 0.6 is 0 Å². The quantitative estimate of drug-likeness (QED) is 0.525. The number of aromatic amines is 1. The molecule has 4 rings (SSSR count). The van der Waals surface area contributed by atoms with Crippen LogP contribution in [-0.4, -0.2) is 57.9 Å². The Kier molecular flexibility index (Phi) is 7.37. The number of aromatic nitrogens is 2. The molecule has 1 fully saturated rings. The van der Waals surface area contributed by atoms with Gasteiger partial charge in [-0.05, 0) is 43.9 Å². The van der Waals surface area contributed by atoms with Gasteiger partial charge in [-0.2, -0.15) is 0 Å². The largest absolute Gasteiger partial charge is 0.483 e. The Morgan fingerprint density at radius 3 is 2.69 bits per heavy atom. The Balaban J connectivity index is 0.000000913. The van der Waals surface area contributed by atoms with Gasteiger partial charge < -0.3 is 24.7 Å². The third-order valence-electron chi connectivity index (χ3n) is 5.24. The number of hydrogen-bond donors (Lipinski definition) is 3. The number of nitrogens with zero attached hydrogens (tertiary/aromatic N) is 2. The first-order valence-corrected chi connectivity index (χ1v) is 10.1. The van der Waals surface area contributed by atoms with Crippen LogP contribution in [0.4, 0.5) is 0 Å². The molecular weight excluding hydrogens is 416 g/mol. The second kappa shape index (κ2) is 10.4. The molecule has 2 amide bonds. The Morgan fingerprint density at radius 1 is 1.28 bits per heavy atom. The average molecular weight is 440 g/mol. The third-order valence-corrected chi connectivity index (χ3v) is 5.24. The maximum Gasteiger partial charge on any atom is 0.290 e. The molecule has 0 bridgehead atoms. The zero-order chi connectivity index (χ0) is 23.1. The summed E-state index contributed by atoms with van der Waals surface area (Å²) in [4.78, 5) is 53.8. The lowest BCUT2D eigenvalue weighted by Crippen LogP contribution is -2.41. The molecule has 3 heterocycles. The highest BCUT2D eigenvalue weighted by molar-refractivity contribution is 5.97. The van der Waals surface area contributed by atoms with Crippen LogP contribution in [0.3, 0.4) is 0 Å². The number of amides is 2. The normalized spacial score (nSPS) is 13.8. The summed E-state index contributed by atoms with van der Waals surface area (Å²) >= 11 is 0. The van der Waals surface area contributed by atoms with E-state index in [2.05, 4.69) is 15.3 Å². The van der Waals surface area contributed by atoms with Gasteiger partial charge in [-0.25, -0.2) is 4.98 Å². The molecule has 0 saturated carbocycles. The van der Waals surface area contributed by atoms with Gasteiger partial charge in [0.25, 0.3) is 18.3 Å². The number of H-pyrrole nitrogens is 1. The topological polar surface area (TPSA) is 146 Å². The van der Waals surface area contributed by atoms with Crippen molar-refractivity contribution in [3.8, 4) is 0 Å². The fourth-order valence-corrected chi connectivity index (χ4v) is 3.62. The Hall–Kier alpha value is -3.95. The van der Waals surface area contributed by atoms with E-state index in [9.17, 15) is 14.4 Å².